The Labute approximate surface area is 238 Å². The Hall–Kier alpha value is -3.37. The van der Waals surface area contributed by atoms with E-state index in [9.17, 15) is 19.2 Å². The fourth-order valence-corrected chi connectivity index (χ4v) is 10.5. The summed E-state index contributed by atoms with van der Waals surface area (Å²) in [6.45, 7) is 2.46. The van der Waals surface area contributed by atoms with Gasteiger partial charge in [-0.1, -0.05) is 47.7 Å². The minimum atomic E-state index is -1.02. The number of aliphatic carboxylic acids is 1. The molecule has 206 valence electrons. The number of amides is 2. The summed E-state index contributed by atoms with van der Waals surface area (Å²) in [5.74, 6) is -1.46. The van der Waals surface area contributed by atoms with Crippen LogP contribution >= 0.6 is 23.1 Å². The number of carbonyl (C=O) groups excluding carboxylic acids is 2. The number of carbonyl (C=O) groups is 3. The molecule has 0 radical (unpaired) electrons. The van der Waals surface area contributed by atoms with Crippen LogP contribution in [0.4, 0.5) is 0 Å². The summed E-state index contributed by atoms with van der Waals surface area (Å²) in [5.41, 5.74) is 3.37. The topological polar surface area (TPSA) is 117 Å². The van der Waals surface area contributed by atoms with Gasteiger partial charge in [0.25, 0.3) is 0 Å². The summed E-state index contributed by atoms with van der Waals surface area (Å²) in [6.07, 6.45) is 0.558. The lowest BCUT2D eigenvalue weighted by atomic mass is 9.68. The number of aryl methyl sites for hydroxylation is 1. The second-order valence-corrected chi connectivity index (χ2v) is 13.4. The first-order chi connectivity index (χ1) is 19.3. The smallest absolute Gasteiger partial charge is 0.305 e. The average Bonchev–Trinajstić information content (AvgIpc) is 3.66. The second-order valence-electron chi connectivity index (χ2n) is 11.2. The molecule has 3 heterocycles. The maximum atomic E-state index is 13.5. The van der Waals surface area contributed by atoms with Crippen LogP contribution in [0.5, 0.6) is 5.75 Å². The summed E-state index contributed by atoms with van der Waals surface area (Å²) in [7, 11) is 0. The van der Waals surface area contributed by atoms with Crippen LogP contribution < -0.4 is 9.61 Å². The van der Waals surface area contributed by atoms with Gasteiger partial charge in [-0.25, -0.2) is 0 Å². The van der Waals surface area contributed by atoms with Crippen molar-refractivity contribution in [1.82, 2.24) is 9.88 Å². The number of hydrogen-bond donors (Lipinski definition) is 2. The number of aromatic amines is 1. The zero-order valence-corrected chi connectivity index (χ0v) is 23.4. The molecule has 4 aliphatic rings. The SMILES string of the molecule is Cc1ccccc1COc1ccc([C@H]2c3sc(=O)[nH]c3SC3C4CC(C5C(=O)N(CCC(=O)O)C(=O)C45)C32)cc1. The maximum absolute atomic E-state index is 13.5. The van der Waals surface area contributed by atoms with Gasteiger partial charge in [-0.05, 0) is 59.9 Å². The van der Waals surface area contributed by atoms with E-state index in [0.717, 1.165) is 33.2 Å². The molecule has 3 fully saturated rings. The van der Waals surface area contributed by atoms with Gasteiger partial charge in [-0.15, -0.1) is 11.8 Å². The van der Waals surface area contributed by atoms with Crippen molar-refractivity contribution in [2.24, 2.45) is 29.6 Å². The van der Waals surface area contributed by atoms with Gasteiger partial charge in [-0.3, -0.25) is 24.1 Å². The highest BCUT2D eigenvalue weighted by Crippen LogP contribution is 2.68. The molecule has 0 spiro atoms. The molecule has 10 heteroatoms. The van der Waals surface area contributed by atoms with E-state index in [1.165, 1.54) is 21.8 Å². The van der Waals surface area contributed by atoms with Gasteiger partial charge >= 0.3 is 10.8 Å². The van der Waals surface area contributed by atoms with E-state index >= 15 is 0 Å². The van der Waals surface area contributed by atoms with Gasteiger partial charge in [-0.2, -0.15) is 0 Å². The molecule has 8 nitrogen and oxygen atoms in total. The third-order valence-electron chi connectivity index (χ3n) is 9.26. The average molecular weight is 577 g/mol. The predicted octanol–water partition coefficient (Wildman–Crippen LogP) is 4.27. The number of hydrogen-bond acceptors (Lipinski definition) is 7. The molecule has 2 saturated carbocycles. The third-order valence-corrected chi connectivity index (χ3v) is 11.8. The minimum Gasteiger partial charge on any atom is -0.489 e. The Kier molecular flexibility index (Phi) is 6.16. The number of ether oxygens (including phenoxy) is 1. The van der Waals surface area contributed by atoms with Crippen molar-refractivity contribution in [3.8, 4) is 5.75 Å². The Morgan fingerprint density at radius 2 is 1.77 bits per heavy atom. The van der Waals surface area contributed by atoms with E-state index in [4.69, 9.17) is 9.84 Å². The lowest BCUT2D eigenvalue weighted by molar-refractivity contribution is -0.142. The van der Waals surface area contributed by atoms with Gasteiger partial charge in [0.2, 0.25) is 11.8 Å². The monoisotopic (exact) mass is 576 g/mol. The van der Waals surface area contributed by atoms with Crippen LogP contribution in [0, 0.1) is 36.5 Å². The highest BCUT2D eigenvalue weighted by atomic mass is 32.2. The molecule has 2 bridgehead atoms. The first-order valence-electron chi connectivity index (χ1n) is 13.6. The molecule has 2 aliphatic carbocycles. The Morgan fingerprint density at radius 1 is 1.05 bits per heavy atom. The number of rotatable bonds is 7. The van der Waals surface area contributed by atoms with Crippen LogP contribution in [0.15, 0.2) is 58.4 Å². The second kappa shape index (κ2) is 9.62. The highest BCUT2D eigenvalue weighted by Gasteiger charge is 2.69. The number of likely N-dealkylation sites (tertiary alicyclic amines) is 1. The van der Waals surface area contributed by atoms with Gasteiger partial charge in [0.05, 0.1) is 23.3 Å². The number of nitrogens with zero attached hydrogens (tertiary/aromatic N) is 1. The number of carboxylic acids is 1. The number of thioether (sulfide) groups is 1. The van der Waals surface area contributed by atoms with Crippen molar-refractivity contribution in [3.05, 3.63) is 79.8 Å². The molecule has 7 rings (SSSR count). The maximum Gasteiger partial charge on any atom is 0.305 e. The molecule has 6 unspecified atom stereocenters. The van der Waals surface area contributed by atoms with E-state index < -0.39 is 17.8 Å². The number of fused-ring (bicyclic) bond motifs is 9. The quantitative estimate of drug-likeness (QED) is 0.404. The fraction of sp³-hybridized carbons (Fsp3) is 0.400. The van der Waals surface area contributed by atoms with Gasteiger partial charge in [0, 0.05) is 22.6 Å². The van der Waals surface area contributed by atoms with E-state index in [1.54, 1.807) is 11.8 Å². The van der Waals surface area contributed by atoms with Crippen LogP contribution in [-0.2, 0) is 21.0 Å². The normalized spacial score (nSPS) is 29.8. The summed E-state index contributed by atoms with van der Waals surface area (Å²) in [4.78, 5) is 55.5. The van der Waals surface area contributed by atoms with Crippen LogP contribution in [0.25, 0.3) is 0 Å². The third kappa shape index (κ3) is 3.95. The zero-order valence-electron chi connectivity index (χ0n) is 21.7. The Balaban J connectivity index is 1.19. The first-order valence-corrected chi connectivity index (χ1v) is 15.3. The van der Waals surface area contributed by atoms with Gasteiger partial charge in [0.1, 0.15) is 12.4 Å². The largest absolute Gasteiger partial charge is 0.489 e. The molecule has 1 aromatic heterocycles. The zero-order chi connectivity index (χ0) is 27.7. The molecule has 2 aromatic carbocycles. The molecule has 7 atom stereocenters. The van der Waals surface area contributed by atoms with Crippen molar-refractivity contribution in [2.75, 3.05) is 6.54 Å². The van der Waals surface area contributed by atoms with Crippen LogP contribution in [-0.4, -0.2) is 44.6 Å². The number of H-pyrrole nitrogens is 1. The standard InChI is InChI=1S/C30H28N2O6S2/c1-14-4-2-3-5-16(14)13-38-17-8-6-15(7-9-17)21-22-18-12-19(25(22)39-27-26(21)40-30(37)31-27)24-23(18)28(35)32(29(24)36)11-10-20(33)34/h2-9,18-19,21-25H,10-13H2,1H3,(H,31,37)(H,33,34)/t18?,19?,21-,22?,23?,24?,25?/m1/s1. The van der Waals surface area contributed by atoms with Crippen LogP contribution in [0.1, 0.15) is 40.3 Å². The minimum absolute atomic E-state index is 0.00566. The molecule has 2 amide bonds. The van der Waals surface area contributed by atoms with Crippen molar-refractivity contribution in [2.45, 2.75) is 42.6 Å². The number of aromatic nitrogens is 1. The van der Waals surface area contributed by atoms with Crippen molar-refractivity contribution >= 4 is 40.9 Å². The van der Waals surface area contributed by atoms with Crippen molar-refractivity contribution in [1.29, 1.82) is 0 Å². The Morgan fingerprint density at radius 3 is 2.50 bits per heavy atom. The number of nitrogens with one attached hydrogen (secondary N) is 1. The first kappa shape index (κ1) is 25.6. The molecule has 2 N–H and O–H groups in total. The molecule has 40 heavy (non-hydrogen) atoms. The Bertz CT molecular complexity index is 1580. The molecular weight excluding hydrogens is 548 g/mol. The van der Waals surface area contributed by atoms with Crippen LogP contribution in [0.3, 0.4) is 0 Å². The summed E-state index contributed by atoms with van der Waals surface area (Å²) >= 11 is 2.88. The van der Waals surface area contributed by atoms with Crippen LogP contribution in [0.2, 0.25) is 0 Å². The highest BCUT2D eigenvalue weighted by molar-refractivity contribution is 8.00. The van der Waals surface area contributed by atoms with Crippen molar-refractivity contribution in [3.63, 3.8) is 0 Å². The lowest BCUT2D eigenvalue weighted by Crippen LogP contribution is -2.42. The summed E-state index contributed by atoms with van der Waals surface area (Å²) in [5, 5.41) is 10.1. The molecule has 2 aliphatic heterocycles. The van der Waals surface area contributed by atoms with E-state index in [1.807, 2.05) is 24.3 Å². The van der Waals surface area contributed by atoms with E-state index in [0.29, 0.717) is 6.61 Å². The van der Waals surface area contributed by atoms with E-state index in [-0.39, 0.29) is 58.6 Å². The van der Waals surface area contributed by atoms with E-state index in [2.05, 4.69) is 36.2 Å². The molecular formula is C30H28N2O6S2. The fourth-order valence-electron chi connectivity index (χ4n) is 7.58. The molecule has 1 saturated heterocycles. The van der Waals surface area contributed by atoms with Gasteiger partial charge in [0.15, 0.2) is 0 Å². The summed E-state index contributed by atoms with van der Waals surface area (Å²) in [6, 6.07) is 16.2. The summed E-state index contributed by atoms with van der Waals surface area (Å²) < 4.78 is 6.07. The predicted molar refractivity (Wildman–Crippen MR) is 149 cm³/mol. The van der Waals surface area contributed by atoms with Crippen molar-refractivity contribution < 1.29 is 24.2 Å². The number of thiazole rings is 1. The van der Waals surface area contributed by atoms with Gasteiger partial charge < -0.3 is 14.8 Å². The number of benzene rings is 2. The number of imide groups is 1. The lowest BCUT2D eigenvalue weighted by Gasteiger charge is -2.43. The molecule has 3 aromatic rings. The number of carboxylic acid groups (broad SMARTS) is 1.